The number of aromatic nitrogens is 1. The molecule has 29 heavy (non-hydrogen) atoms. The van der Waals surface area contributed by atoms with Crippen LogP contribution in [0, 0.1) is 12.8 Å². The lowest BCUT2D eigenvalue weighted by Crippen LogP contribution is -2.41. The van der Waals surface area contributed by atoms with Crippen LogP contribution in [0.5, 0.6) is 5.75 Å². The Morgan fingerprint density at radius 2 is 2.10 bits per heavy atom. The largest absolute Gasteiger partial charge is 0.489 e. The lowest BCUT2D eigenvalue weighted by molar-refractivity contribution is -0.0187. The molecule has 0 radical (unpaired) electrons. The van der Waals surface area contributed by atoms with Crippen molar-refractivity contribution < 1.29 is 19.1 Å². The smallest absolute Gasteiger partial charge is 0.405 e. The van der Waals surface area contributed by atoms with E-state index in [0.717, 1.165) is 22.4 Å². The standard InChI is InChI=1S/C22H27N3O4/c1-13(2)10-22(4,29-21(23)27)12-28-18-6-5-15(9-14(18)3)16-7-8-24-17-11-25-20(26)19(16)17/h5-9,13H,10-12H2,1-4H3,(H2,23,27)(H,25,26). The highest BCUT2D eigenvalue weighted by atomic mass is 16.6. The van der Waals surface area contributed by atoms with E-state index >= 15 is 0 Å². The molecule has 0 fully saturated rings. The molecule has 7 nitrogen and oxygen atoms in total. The Kier molecular flexibility index (Phi) is 5.77. The van der Waals surface area contributed by atoms with Crippen LogP contribution in [0.1, 0.15) is 48.8 Å². The number of aryl methyl sites for hydroxylation is 1. The van der Waals surface area contributed by atoms with Crippen LogP contribution in [0.15, 0.2) is 30.5 Å². The second kappa shape index (κ2) is 8.11. The van der Waals surface area contributed by atoms with Crippen LogP contribution in [-0.2, 0) is 11.3 Å². The number of primary amides is 1. The van der Waals surface area contributed by atoms with Crippen LogP contribution >= 0.6 is 0 Å². The molecule has 1 unspecified atom stereocenters. The van der Waals surface area contributed by atoms with Crippen molar-refractivity contribution in [3.8, 4) is 16.9 Å². The average molecular weight is 397 g/mol. The molecule has 0 aliphatic carbocycles. The monoisotopic (exact) mass is 397 g/mol. The fourth-order valence-corrected chi connectivity index (χ4v) is 3.83. The van der Waals surface area contributed by atoms with Crippen molar-refractivity contribution in [3.05, 3.63) is 47.3 Å². The van der Waals surface area contributed by atoms with Gasteiger partial charge in [0.1, 0.15) is 18.0 Å². The summed E-state index contributed by atoms with van der Waals surface area (Å²) < 4.78 is 11.3. The van der Waals surface area contributed by atoms with Gasteiger partial charge >= 0.3 is 6.09 Å². The molecule has 2 aromatic rings. The molecule has 154 valence electrons. The zero-order chi connectivity index (χ0) is 21.2. The summed E-state index contributed by atoms with van der Waals surface area (Å²) in [5.74, 6) is 0.896. The fraction of sp³-hybridized carbons (Fsp3) is 0.409. The van der Waals surface area contributed by atoms with Crippen molar-refractivity contribution in [2.45, 2.75) is 46.3 Å². The minimum Gasteiger partial charge on any atom is -0.489 e. The molecule has 7 heteroatoms. The van der Waals surface area contributed by atoms with Gasteiger partial charge in [-0.3, -0.25) is 9.78 Å². The number of carbonyl (C=O) groups excluding carboxylic acids is 2. The van der Waals surface area contributed by atoms with Crippen LogP contribution < -0.4 is 15.8 Å². The molecule has 2 heterocycles. The van der Waals surface area contributed by atoms with Crippen LogP contribution in [0.3, 0.4) is 0 Å². The molecule has 0 spiro atoms. The molecule has 1 aliphatic heterocycles. The molecule has 1 atom stereocenters. The van der Waals surface area contributed by atoms with Crippen LogP contribution in [0.25, 0.3) is 11.1 Å². The number of hydrogen-bond acceptors (Lipinski definition) is 5. The highest BCUT2D eigenvalue weighted by Gasteiger charge is 2.31. The zero-order valence-corrected chi connectivity index (χ0v) is 17.2. The summed E-state index contributed by atoms with van der Waals surface area (Å²) >= 11 is 0. The van der Waals surface area contributed by atoms with Crippen LogP contribution in [0.4, 0.5) is 4.79 Å². The number of nitrogens with two attached hydrogens (primary N) is 1. The molecule has 0 saturated heterocycles. The minimum atomic E-state index is -0.811. The van der Waals surface area contributed by atoms with Gasteiger partial charge < -0.3 is 20.5 Å². The van der Waals surface area contributed by atoms with E-state index in [-0.39, 0.29) is 12.5 Å². The highest BCUT2D eigenvalue weighted by molar-refractivity contribution is 6.04. The van der Waals surface area contributed by atoms with Crippen molar-refractivity contribution in [3.63, 3.8) is 0 Å². The number of fused-ring (bicyclic) bond motifs is 1. The Bertz CT molecular complexity index is 942. The van der Waals surface area contributed by atoms with Crippen LogP contribution in [-0.4, -0.2) is 29.2 Å². The van der Waals surface area contributed by atoms with E-state index in [2.05, 4.69) is 10.3 Å². The first-order valence-corrected chi connectivity index (χ1v) is 9.67. The fourth-order valence-electron chi connectivity index (χ4n) is 3.83. The Labute approximate surface area is 170 Å². The van der Waals surface area contributed by atoms with E-state index in [4.69, 9.17) is 15.2 Å². The molecule has 0 bridgehead atoms. The van der Waals surface area contributed by atoms with Gasteiger partial charge in [-0.25, -0.2) is 4.79 Å². The van der Waals surface area contributed by atoms with Gasteiger partial charge in [-0.15, -0.1) is 0 Å². The maximum Gasteiger partial charge on any atom is 0.405 e. The van der Waals surface area contributed by atoms with Gasteiger partial charge in [-0.05, 0) is 61.1 Å². The predicted octanol–water partition coefficient (Wildman–Crippen LogP) is 3.58. The quantitative estimate of drug-likeness (QED) is 0.743. The van der Waals surface area contributed by atoms with E-state index in [0.29, 0.717) is 30.2 Å². The third-order valence-electron chi connectivity index (χ3n) is 4.88. The van der Waals surface area contributed by atoms with Gasteiger partial charge in [-0.1, -0.05) is 19.9 Å². The van der Waals surface area contributed by atoms with Gasteiger partial charge in [0.25, 0.3) is 5.91 Å². The molecule has 1 aromatic heterocycles. The summed E-state index contributed by atoms with van der Waals surface area (Å²) in [5.41, 5.74) is 8.50. The third-order valence-corrected chi connectivity index (χ3v) is 4.88. The van der Waals surface area contributed by atoms with Gasteiger partial charge in [0.2, 0.25) is 0 Å². The Morgan fingerprint density at radius 3 is 2.76 bits per heavy atom. The Hall–Kier alpha value is -3.09. The van der Waals surface area contributed by atoms with Crippen LogP contribution in [0.2, 0.25) is 0 Å². The average Bonchev–Trinajstić information content (AvgIpc) is 3.00. The SMILES string of the molecule is Cc1cc(-c2ccnc3c2C(=O)NC3)ccc1OCC(C)(CC(C)C)OC(N)=O. The first-order valence-electron chi connectivity index (χ1n) is 9.67. The first kappa shape index (κ1) is 20.6. The number of amides is 2. The lowest BCUT2D eigenvalue weighted by Gasteiger charge is -2.30. The molecular formula is C22H27N3O4. The van der Waals surface area contributed by atoms with Crippen molar-refractivity contribution in [2.75, 3.05) is 6.61 Å². The molecular weight excluding hydrogens is 370 g/mol. The summed E-state index contributed by atoms with van der Waals surface area (Å²) in [5, 5.41) is 2.81. The van der Waals surface area contributed by atoms with Crippen molar-refractivity contribution >= 4 is 12.0 Å². The second-order valence-electron chi connectivity index (χ2n) is 8.10. The number of ether oxygens (including phenoxy) is 2. The molecule has 3 N–H and O–H groups in total. The van der Waals surface area contributed by atoms with Crippen molar-refractivity contribution in [1.82, 2.24) is 10.3 Å². The predicted molar refractivity (Wildman–Crippen MR) is 110 cm³/mol. The van der Waals surface area contributed by atoms with E-state index < -0.39 is 11.7 Å². The number of hydrogen-bond donors (Lipinski definition) is 2. The molecule has 2 amide bonds. The van der Waals surface area contributed by atoms with Gasteiger partial charge in [0, 0.05) is 6.20 Å². The van der Waals surface area contributed by atoms with E-state index in [1.54, 1.807) is 6.20 Å². The topological polar surface area (TPSA) is 104 Å². The minimum absolute atomic E-state index is 0.103. The molecule has 1 aromatic carbocycles. The number of carbonyl (C=O) groups is 2. The zero-order valence-electron chi connectivity index (χ0n) is 17.2. The summed E-state index contributed by atoms with van der Waals surface area (Å²) in [6.45, 7) is 8.51. The summed E-state index contributed by atoms with van der Waals surface area (Å²) in [6, 6.07) is 7.60. The Balaban J connectivity index is 1.81. The first-order chi connectivity index (χ1) is 13.7. The van der Waals surface area contributed by atoms with Gasteiger partial charge in [0.05, 0.1) is 17.8 Å². The van der Waals surface area contributed by atoms with E-state index in [1.165, 1.54) is 0 Å². The molecule has 0 saturated carbocycles. The van der Waals surface area contributed by atoms with E-state index in [1.807, 2.05) is 52.0 Å². The Morgan fingerprint density at radius 1 is 1.34 bits per heavy atom. The maximum absolute atomic E-state index is 12.2. The third kappa shape index (κ3) is 4.67. The highest BCUT2D eigenvalue weighted by Crippen LogP contribution is 2.32. The summed E-state index contributed by atoms with van der Waals surface area (Å²) in [7, 11) is 0. The van der Waals surface area contributed by atoms with Crippen molar-refractivity contribution in [1.29, 1.82) is 0 Å². The number of rotatable bonds is 7. The van der Waals surface area contributed by atoms with Gasteiger partial charge in [0.15, 0.2) is 0 Å². The maximum atomic E-state index is 12.2. The molecule has 3 rings (SSSR count). The van der Waals surface area contributed by atoms with Crippen molar-refractivity contribution in [2.24, 2.45) is 11.7 Å². The summed E-state index contributed by atoms with van der Waals surface area (Å²) in [6.07, 6.45) is 1.53. The molecule has 1 aliphatic rings. The number of pyridine rings is 1. The van der Waals surface area contributed by atoms with Gasteiger partial charge in [-0.2, -0.15) is 0 Å². The number of nitrogens with zero attached hydrogens (tertiary/aromatic N) is 1. The second-order valence-corrected chi connectivity index (χ2v) is 8.10. The summed E-state index contributed by atoms with van der Waals surface area (Å²) in [4.78, 5) is 27.8. The normalized spacial score (nSPS) is 14.9. The van der Waals surface area contributed by atoms with E-state index in [9.17, 15) is 9.59 Å². The number of nitrogens with one attached hydrogen (secondary N) is 1. The lowest BCUT2D eigenvalue weighted by atomic mass is 9.94. The number of benzene rings is 1.